The summed E-state index contributed by atoms with van der Waals surface area (Å²) < 4.78 is 28.1. The van der Waals surface area contributed by atoms with Crippen LogP contribution in [-0.2, 0) is 10.0 Å². The minimum atomic E-state index is -3.60. The molecule has 6 heteroatoms. The van der Waals surface area contributed by atoms with E-state index in [-0.39, 0.29) is 10.9 Å². The topological polar surface area (TPSA) is 59.1 Å². The van der Waals surface area contributed by atoms with Gasteiger partial charge in [-0.25, -0.2) is 13.1 Å². The molecule has 2 rings (SSSR count). The number of aryl methyl sites for hydroxylation is 2. The van der Waals surface area contributed by atoms with Gasteiger partial charge in [-0.05, 0) is 53.9 Å². The highest BCUT2D eigenvalue weighted by molar-refractivity contribution is 9.10. The second kappa shape index (κ2) is 6.25. The molecule has 0 spiro atoms. The summed E-state index contributed by atoms with van der Waals surface area (Å²) in [5.74, 6) is 0. The number of aromatic nitrogens is 1. The third kappa shape index (κ3) is 3.90. The molecule has 1 atom stereocenters. The minimum absolute atomic E-state index is 0.147. The number of benzene rings is 1. The number of sulfonamides is 1. The van der Waals surface area contributed by atoms with E-state index in [1.807, 2.05) is 39.0 Å². The van der Waals surface area contributed by atoms with Crippen molar-refractivity contribution in [1.82, 2.24) is 9.71 Å². The first-order chi connectivity index (χ1) is 9.79. The van der Waals surface area contributed by atoms with Crippen molar-refractivity contribution in [2.45, 2.75) is 31.7 Å². The number of nitrogens with one attached hydrogen (secondary N) is 1. The predicted molar refractivity (Wildman–Crippen MR) is 86.6 cm³/mol. The third-order valence-corrected chi connectivity index (χ3v) is 5.16. The maximum atomic E-state index is 12.4. The Balaban J connectivity index is 2.28. The zero-order chi connectivity index (χ0) is 15.6. The maximum Gasteiger partial charge on any atom is 0.242 e. The summed E-state index contributed by atoms with van der Waals surface area (Å²) in [4.78, 5) is 4.04. The van der Waals surface area contributed by atoms with Gasteiger partial charge in [0.25, 0.3) is 0 Å². The number of pyridine rings is 1. The highest BCUT2D eigenvalue weighted by Crippen LogP contribution is 2.22. The van der Waals surface area contributed by atoms with Crippen molar-refractivity contribution in [2.24, 2.45) is 0 Å². The van der Waals surface area contributed by atoms with Gasteiger partial charge in [0.1, 0.15) is 4.90 Å². The molecule has 0 bridgehead atoms. The third-order valence-electron chi connectivity index (χ3n) is 3.21. The highest BCUT2D eigenvalue weighted by atomic mass is 79.9. The number of hydrogen-bond acceptors (Lipinski definition) is 3. The predicted octanol–water partition coefficient (Wildman–Crippen LogP) is 3.50. The quantitative estimate of drug-likeness (QED) is 0.898. The van der Waals surface area contributed by atoms with Gasteiger partial charge in [-0.3, -0.25) is 4.98 Å². The van der Waals surface area contributed by atoms with Crippen LogP contribution in [0.1, 0.15) is 29.7 Å². The van der Waals surface area contributed by atoms with Gasteiger partial charge in [0.15, 0.2) is 0 Å². The van der Waals surface area contributed by atoms with Gasteiger partial charge < -0.3 is 0 Å². The summed E-state index contributed by atoms with van der Waals surface area (Å²) in [6, 6.07) is 7.20. The lowest BCUT2D eigenvalue weighted by Gasteiger charge is -2.17. The SMILES string of the molecule is Cc1ccc(C(C)NS(=O)(=O)c2cncc(Br)c2)c(C)c1. The van der Waals surface area contributed by atoms with Gasteiger partial charge in [0, 0.05) is 22.9 Å². The van der Waals surface area contributed by atoms with E-state index in [1.165, 1.54) is 12.3 Å². The number of nitrogens with zero attached hydrogens (tertiary/aromatic N) is 1. The van der Waals surface area contributed by atoms with Crippen LogP contribution in [0.5, 0.6) is 0 Å². The van der Waals surface area contributed by atoms with E-state index in [0.29, 0.717) is 4.47 Å². The van der Waals surface area contributed by atoms with Crippen molar-refractivity contribution in [3.63, 3.8) is 0 Å². The van der Waals surface area contributed by atoms with Crippen LogP contribution in [0.2, 0.25) is 0 Å². The lowest BCUT2D eigenvalue weighted by atomic mass is 10.0. The summed E-state index contributed by atoms with van der Waals surface area (Å²) in [6.45, 7) is 5.83. The van der Waals surface area contributed by atoms with Gasteiger partial charge in [0.05, 0.1) is 0 Å². The molecule has 0 radical (unpaired) electrons. The van der Waals surface area contributed by atoms with Gasteiger partial charge >= 0.3 is 0 Å². The average Bonchev–Trinajstić information content (AvgIpc) is 2.37. The summed E-state index contributed by atoms with van der Waals surface area (Å²) >= 11 is 3.23. The van der Waals surface area contributed by atoms with Gasteiger partial charge in [-0.1, -0.05) is 23.8 Å². The molecule has 21 heavy (non-hydrogen) atoms. The summed E-state index contributed by atoms with van der Waals surface area (Å²) in [7, 11) is -3.60. The molecule has 112 valence electrons. The molecule has 1 aromatic heterocycles. The Morgan fingerprint density at radius 2 is 1.90 bits per heavy atom. The summed E-state index contributed by atoms with van der Waals surface area (Å²) in [5.41, 5.74) is 3.19. The van der Waals surface area contributed by atoms with Crippen molar-refractivity contribution >= 4 is 26.0 Å². The standard InChI is InChI=1S/C15H17BrN2O2S/c1-10-4-5-15(11(2)6-10)12(3)18-21(19,20)14-7-13(16)8-17-9-14/h4-9,12,18H,1-3H3. The molecule has 0 aliphatic rings. The molecule has 0 aliphatic heterocycles. The van der Waals surface area contributed by atoms with E-state index in [2.05, 4.69) is 25.6 Å². The van der Waals surface area contributed by atoms with Crippen LogP contribution < -0.4 is 4.72 Å². The second-order valence-electron chi connectivity index (χ2n) is 5.04. The molecule has 1 N–H and O–H groups in total. The van der Waals surface area contributed by atoms with Gasteiger partial charge in [0.2, 0.25) is 10.0 Å². The zero-order valence-corrected chi connectivity index (χ0v) is 14.5. The fraction of sp³-hybridized carbons (Fsp3) is 0.267. The Labute approximate surface area is 133 Å². The Morgan fingerprint density at radius 1 is 1.19 bits per heavy atom. The first-order valence-electron chi connectivity index (χ1n) is 6.49. The molecule has 0 fully saturated rings. The lowest BCUT2D eigenvalue weighted by Crippen LogP contribution is -2.27. The van der Waals surface area contributed by atoms with Crippen molar-refractivity contribution in [1.29, 1.82) is 0 Å². The molecule has 0 amide bonds. The first-order valence-corrected chi connectivity index (χ1v) is 8.77. The Kier molecular flexibility index (Phi) is 4.81. The van der Waals surface area contributed by atoms with E-state index in [4.69, 9.17) is 0 Å². The van der Waals surface area contributed by atoms with E-state index >= 15 is 0 Å². The Morgan fingerprint density at radius 3 is 2.52 bits per heavy atom. The van der Waals surface area contributed by atoms with Crippen molar-refractivity contribution in [3.05, 3.63) is 57.8 Å². The minimum Gasteiger partial charge on any atom is -0.262 e. The van der Waals surface area contributed by atoms with Crippen molar-refractivity contribution < 1.29 is 8.42 Å². The normalized spacial score (nSPS) is 13.1. The molecular weight excluding hydrogens is 352 g/mol. The number of rotatable bonds is 4. The molecule has 4 nitrogen and oxygen atoms in total. The Hall–Kier alpha value is -1.24. The molecule has 0 saturated carbocycles. The summed E-state index contributed by atoms with van der Waals surface area (Å²) in [5, 5.41) is 0. The van der Waals surface area contributed by atoms with E-state index < -0.39 is 10.0 Å². The van der Waals surface area contributed by atoms with Crippen molar-refractivity contribution in [2.75, 3.05) is 0 Å². The first kappa shape index (κ1) is 16.1. The van der Waals surface area contributed by atoms with Crippen LogP contribution in [0.3, 0.4) is 0 Å². The van der Waals surface area contributed by atoms with Crippen LogP contribution in [0, 0.1) is 13.8 Å². The fourth-order valence-corrected chi connectivity index (χ4v) is 3.94. The van der Waals surface area contributed by atoms with Crippen LogP contribution >= 0.6 is 15.9 Å². The molecule has 2 aromatic rings. The molecule has 1 heterocycles. The maximum absolute atomic E-state index is 12.4. The molecule has 1 unspecified atom stereocenters. The molecular formula is C15H17BrN2O2S. The number of halogens is 1. The van der Waals surface area contributed by atoms with Crippen LogP contribution in [0.25, 0.3) is 0 Å². The highest BCUT2D eigenvalue weighted by Gasteiger charge is 2.20. The van der Waals surface area contributed by atoms with Gasteiger partial charge in [-0.2, -0.15) is 0 Å². The second-order valence-corrected chi connectivity index (χ2v) is 7.67. The van der Waals surface area contributed by atoms with E-state index in [0.717, 1.165) is 16.7 Å². The molecule has 1 aromatic carbocycles. The van der Waals surface area contributed by atoms with E-state index in [1.54, 1.807) is 6.20 Å². The zero-order valence-electron chi connectivity index (χ0n) is 12.1. The largest absolute Gasteiger partial charge is 0.262 e. The van der Waals surface area contributed by atoms with Crippen LogP contribution in [0.4, 0.5) is 0 Å². The van der Waals surface area contributed by atoms with Crippen molar-refractivity contribution in [3.8, 4) is 0 Å². The summed E-state index contributed by atoms with van der Waals surface area (Å²) in [6.07, 6.45) is 2.88. The number of hydrogen-bond donors (Lipinski definition) is 1. The fourth-order valence-electron chi connectivity index (χ4n) is 2.22. The monoisotopic (exact) mass is 368 g/mol. The van der Waals surface area contributed by atoms with Crippen LogP contribution in [0.15, 0.2) is 46.0 Å². The lowest BCUT2D eigenvalue weighted by molar-refractivity contribution is 0.566. The van der Waals surface area contributed by atoms with Crippen LogP contribution in [-0.4, -0.2) is 13.4 Å². The average molecular weight is 369 g/mol. The molecule has 0 aliphatic carbocycles. The molecule has 0 saturated heterocycles. The smallest absolute Gasteiger partial charge is 0.242 e. The van der Waals surface area contributed by atoms with E-state index in [9.17, 15) is 8.42 Å². The Bertz CT molecular complexity index is 760. The van der Waals surface area contributed by atoms with Gasteiger partial charge in [-0.15, -0.1) is 0 Å².